The number of aromatic nitrogens is 16. The Hall–Kier alpha value is -12.4. The monoisotopic (exact) mass is 1500 g/mol. The number of nitrogens with zero attached hydrogens (tertiary/aromatic N) is 21. The topological polar surface area (TPSA) is 443 Å². The third-order valence-corrected chi connectivity index (χ3v) is 20.1. The molecule has 3 fully saturated rings. The van der Waals surface area contributed by atoms with Crippen molar-refractivity contribution in [3.63, 3.8) is 0 Å². The molecule has 9 aromatic rings. The number of aryl methyl sites for hydroxylation is 3. The maximum Gasteiger partial charge on any atom is 0.273 e. The second kappa shape index (κ2) is 34.2. The van der Waals surface area contributed by atoms with E-state index in [-0.39, 0.29) is 93.9 Å². The molecule has 13 rings (SSSR count). The summed E-state index contributed by atoms with van der Waals surface area (Å²) < 4.78 is 7.32. The highest BCUT2D eigenvalue weighted by atomic mass is 16.2. The molecule has 0 radical (unpaired) electrons. The molecule has 12 N–H and O–H groups in total. The minimum Gasteiger partial charge on any atom is -0.364 e. The number of anilines is 11. The number of rotatable bonds is 23. The summed E-state index contributed by atoms with van der Waals surface area (Å²) in [5.74, 6) is 1.38. The standard InChI is InChI=1S/C27H37N9O2.C24H32N10O2.C23H31N11O2/c1-6-35-15-18(13-30-35)31-25-23(24(28)37)29-14-22(33-25)36-9-7-8-19(16(36)2)32-26(38)20-10-17-11-27(3,4)12-21(17)34(20)5;1-5-33-13-18(11-28-33)29-23-21(22(25)35)27-12-20(31-23)34-14-17(8-6-15(34)2)30-24(36)16-7-9-19(26-10-16)32(3)4;1-5-33-12-17(11-26-33)27-21-19(20(24)35)30-31-23(29-21)34-13-16(8-6-14(34)2)28-22(36)15-7-9-18(25-10-15)32(3)4/h10,13-16,19H,6-9,11-12H2,1-5H3,(H2,28,37)(H,31,33)(H,32,38);7,9-13,15,17H,5-6,8,14H2,1-4H3,(H2,25,35)(H,29,31)(H,30,36);7,9-12,14,16H,5-6,8,13H2,1-4H3,(H2,24,35)(H,28,36)(H,27,29,31)/t16-,19-;15-,17+;14-,16+/m100/s1. The Morgan fingerprint density at radius 1 is 0.527 bits per heavy atom. The van der Waals surface area contributed by atoms with Gasteiger partial charge in [0.2, 0.25) is 5.95 Å². The van der Waals surface area contributed by atoms with Crippen molar-refractivity contribution in [1.82, 2.24) is 94.9 Å². The van der Waals surface area contributed by atoms with Crippen LogP contribution in [0.2, 0.25) is 0 Å². The Labute approximate surface area is 638 Å². The first-order valence-electron chi connectivity index (χ1n) is 37.0. The van der Waals surface area contributed by atoms with Crippen LogP contribution in [0.3, 0.4) is 0 Å². The molecule has 9 aromatic heterocycles. The maximum absolute atomic E-state index is 13.3. The molecule has 0 unspecified atom stereocenters. The van der Waals surface area contributed by atoms with Gasteiger partial charge in [0.25, 0.3) is 35.4 Å². The van der Waals surface area contributed by atoms with Gasteiger partial charge in [-0.15, -0.1) is 10.2 Å². The van der Waals surface area contributed by atoms with Crippen molar-refractivity contribution in [1.29, 1.82) is 0 Å². The van der Waals surface area contributed by atoms with Gasteiger partial charge in [0.05, 0.1) is 59.2 Å². The Bertz CT molecular complexity index is 4570. The summed E-state index contributed by atoms with van der Waals surface area (Å²) in [7, 11) is 9.58. The van der Waals surface area contributed by atoms with Gasteiger partial charge >= 0.3 is 0 Å². The van der Waals surface area contributed by atoms with Gasteiger partial charge in [-0.3, -0.25) is 42.8 Å². The van der Waals surface area contributed by atoms with Crippen molar-refractivity contribution in [3.05, 3.63) is 137 Å². The van der Waals surface area contributed by atoms with Gasteiger partial charge < -0.3 is 78.2 Å². The van der Waals surface area contributed by atoms with Gasteiger partial charge in [-0.25, -0.2) is 29.9 Å². The van der Waals surface area contributed by atoms with E-state index in [2.05, 4.69) is 142 Å². The number of carbonyl (C=O) groups excluding carboxylic acids is 6. The third-order valence-electron chi connectivity index (χ3n) is 20.1. The summed E-state index contributed by atoms with van der Waals surface area (Å²) in [5.41, 5.74) is 23.2. The molecule has 6 amide bonds. The van der Waals surface area contributed by atoms with E-state index in [4.69, 9.17) is 22.2 Å². The molecule has 0 aromatic carbocycles. The fourth-order valence-electron chi connectivity index (χ4n) is 13.9. The first-order valence-corrected chi connectivity index (χ1v) is 37.0. The van der Waals surface area contributed by atoms with E-state index in [1.807, 2.05) is 95.2 Å². The average molecular weight is 1510 g/mol. The third kappa shape index (κ3) is 18.8. The molecule has 12 heterocycles. The number of carbonyl (C=O) groups is 6. The van der Waals surface area contributed by atoms with Gasteiger partial charge in [-0.2, -0.15) is 20.3 Å². The molecular weight excluding hydrogens is 1410 g/mol. The van der Waals surface area contributed by atoms with E-state index in [1.165, 1.54) is 11.3 Å². The zero-order valence-corrected chi connectivity index (χ0v) is 64.6. The van der Waals surface area contributed by atoms with Crippen molar-refractivity contribution >= 4 is 99.2 Å². The number of nitrogens with two attached hydrogens (primary N) is 3. The van der Waals surface area contributed by atoms with Crippen molar-refractivity contribution in [2.45, 2.75) is 163 Å². The van der Waals surface area contributed by atoms with E-state index >= 15 is 0 Å². The van der Waals surface area contributed by atoms with Crippen LogP contribution in [0.5, 0.6) is 0 Å². The van der Waals surface area contributed by atoms with Crippen molar-refractivity contribution in [2.24, 2.45) is 29.7 Å². The number of amides is 6. The lowest BCUT2D eigenvalue weighted by atomic mass is 9.90. The lowest BCUT2D eigenvalue weighted by Crippen LogP contribution is -2.54. The minimum absolute atomic E-state index is 0.0248. The summed E-state index contributed by atoms with van der Waals surface area (Å²) >= 11 is 0. The molecule has 4 aliphatic rings. The van der Waals surface area contributed by atoms with E-state index in [0.717, 1.165) is 76.1 Å². The van der Waals surface area contributed by atoms with Crippen LogP contribution in [0.1, 0.15) is 168 Å². The number of primary amides is 3. The number of pyridine rings is 2. The summed E-state index contributed by atoms with van der Waals surface area (Å²) in [6, 6.07) is 9.19. The van der Waals surface area contributed by atoms with Crippen LogP contribution >= 0.6 is 0 Å². The molecule has 36 nitrogen and oxygen atoms in total. The number of piperidine rings is 3. The number of nitrogens with one attached hydrogen (secondary N) is 6. The lowest BCUT2D eigenvalue weighted by molar-refractivity contribution is 0.0910. The highest BCUT2D eigenvalue weighted by Crippen LogP contribution is 2.38. The molecule has 3 saturated heterocycles. The Morgan fingerprint density at radius 2 is 0.991 bits per heavy atom. The molecule has 0 saturated carbocycles. The van der Waals surface area contributed by atoms with Crippen LogP contribution in [-0.4, -0.2) is 199 Å². The summed E-state index contributed by atoms with van der Waals surface area (Å²) in [6.07, 6.45) is 23.7. The smallest absolute Gasteiger partial charge is 0.273 e. The second-order valence-electron chi connectivity index (χ2n) is 29.2. The molecular formula is C74H100N30O6. The molecule has 0 spiro atoms. The highest BCUT2D eigenvalue weighted by molar-refractivity contribution is 5.99. The zero-order valence-electron chi connectivity index (χ0n) is 64.6. The van der Waals surface area contributed by atoms with Crippen molar-refractivity contribution in [2.75, 3.05) is 88.3 Å². The predicted molar refractivity (Wildman–Crippen MR) is 419 cm³/mol. The number of fused-ring (bicyclic) bond motifs is 1. The predicted octanol–water partition coefficient (Wildman–Crippen LogP) is 5.75. The van der Waals surface area contributed by atoms with Gasteiger partial charge in [0.15, 0.2) is 34.5 Å². The first kappa shape index (κ1) is 78.7. The van der Waals surface area contributed by atoms with Crippen LogP contribution in [-0.2, 0) is 39.5 Å². The maximum atomic E-state index is 13.3. The number of hydrogen-bond acceptors (Lipinski definition) is 26. The van der Waals surface area contributed by atoms with E-state index in [1.54, 1.807) is 75.8 Å². The minimum atomic E-state index is -0.738. The molecule has 110 heavy (non-hydrogen) atoms. The molecule has 36 heteroatoms. The fraction of sp³-hybridized carbons (Fsp3) is 0.459. The average Bonchev–Trinajstić information content (AvgIpc) is 1.62. The summed E-state index contributed by atoms with van der Waals surface area (Å²) in [5, 5.41) is 39.8. The first-order chi connectivity index (χ1) is 52.5. The highest BCUT2D eigenvalue weighted by Gasteiger charge is 2.37. The molecule has 582 valence electrons. The van der Waals surface area contributed by atoms with E-state index < -0.39 is 17.7 Å². The lowest BCUT2D eigenvalue weighted by Gasteiger charge is -2.40. The second-order valence-corrected chi connectivity index (χ2v) is 29.2. The van der Waals surface area contributed by atoms with Crippen LogP contribution in [0, 0.1) is 5.41 Å². The normalized spacial score (nSPS) is 18.5. The fourth-order valence-corrected chi connectivity index (χ4v) is 13.9. The number of hydrogen-bond donors (Lipinski definition) is 9. The zero-order chi connectivity index (χ0) is 78.8. The molecule has 6 atom stereocenters. The van der Waals surface area contributed by atoms with Crippen molar-refractivity contribution in [3.8, 4) is 0 Å². The van der Waals surface area contributed by atoms with Crippen LogP contribution < -0.4 is 73.6 Å². The van der Waals surface area contributed by atoms with Gasteiger partial charge in [0, 0.05) is 147 Å². The van der Waals surface area contributed by atoms with Crippen LogP contribution in [0.4, 0.5) is 63.7 Å². The molecule has 3 aliphatic heterocycles. The summed E-state index contributed by atoms with van der Waals surface area (Å²) in [4.78, 5) is 116. The van der Waals surface area contributed by atoms with Crippen LogP contribution in [0.25, 0.3) is 0 Å². The molecule has 0 bridgehead atoms. The summed E-state index contributed by atoms with van der Waals surface area (Å²) in [6.45, 7) is 20.7. The van der Waals surface area contributed by atoms with Gasteiger partial charge in [-0.1, -0.05) is 13.8 Å². The van der Waals surface area contributed by atoms with Gasteiger partial charge in [-0.05, 0) is 134 Å². The van der Waals surface area contributed by atoms with E-state index in [9.17, 15) is 28.8 Å². The van der Waals surface area contributed by atoms with Crippen LogP contribution in [0.15, 0.2) is 92.3 Å². The molecule has 1 aliphatic carbocycles. The Morgan fingerprint density at radius 3 is 1.43 bits per heavy atom. The largest absolute Gasteiger partial charge is 0.364 e. The quantitative estimate of drug-likeness (QED) is 0.0368. The van der Waals surface area contributed by atoms with Crippen molar-refractivity contribution < 1.29 is 28.8 Å². The SMILES string of the molecule is CCn1cc(Nc2nc(N3CCC[C@@H](NC(=O)c4cc5c(n4C)CC(C)(C)C5)[C@H]3C)cnc2C(N)=O)cn1.CCn1cc(Nc2nc(N3C[C@H](NC(=O)c4ccc(N(C)C)nc4)CC[C@@H]3C)cnc2C(N)=O)cn1.CCn1cc(Nc2nc(N3C[C@H](NC(=O)c4ccc(N(C)C)nc4)CC[C@@H]3C)nnc2C(N)=O)cn1. The Kier molecular flexibility index (Phi) is 24.5. The van der Waals surface area contributed by atoms with E-state index in [0.29, 0.717) is 77.6 Å². The van der Waals surface area contributed by atoms with Gasteiger partial charge in [0.1, 0.15) is 29.0 Å². The Balaban J connectivity index is 0.000000164.